The fourth-order valence-electron chi connectivity index (χ4n) is 2.38. The summed E-state index contributed by atoms with van der Waals surface area (Å²) in [4.78, 5) is 20.5. The molecule has 25 heavy (non-hydrogen) atoms. The fourth-order valence-corrected chi connectivity index (χ4v) is 2.38. The third-order valence-electron chi connectivity index (χ3n) is 3.71. The first-order valence-corrected chi connectivity index (χ1v) is 8.03. The van der Waals surface area contributed by atoms with Crippen LogP contribution in [0.3, 0.4) is 0 Å². The van der Waals surface area contributed by atoms with Gasteiger partial charge in [0, 0.05) is 30.7 Å². The molecule has 0 radical (unpaired) electrons. The molecule has 0 fully saturated rings. The Kier molecular flexibility index (Phi) is 5.36. The van der Waals surface area contributed by atoms with E-state index in [0.717, 1.165) is 22.4 Å². The highest BCUT2D eigenvalue weighted by Gasteiger charge is 2.08. The Hall–Kier alpha value is -3.21. The van der Waals surface area contributed by atoms with Crippen LogP contribution >= 0.6 is 0 Å². The largest absolute Gasteiger partial charge is 0.484 e. The average Bonchev–Trinajstić information content (AvgIpc) is 2.67. The summed E-state index contributed by atoms with van der Waals surface area (Å²) in [6, 6.07) is 15.2. The molecule has 2 aromatic heterocycles. The predicted octanol–water partition coefficient (Wildman–Crippen LogP) is 3.15. The summed E-state index contributed by atoms with van der Waals surface area (Å²) in [5, 5.41) is 2.87. The number of carbonyl (C=O) groups excluding carboxylic acids is 1. The van der Waals surface area contributed by atoms with Gasteiger partial charge in [0.05, 0.1) is 5.69 Å². The average molecular weight is 333 g/mol. The first kappa shape index (κ1) is 16.6. The lowest BCUT2D eigenvalue weighted by Crippen LogP contribution is -2.28. The maximum atomic E-state index is 12.0. The smallest absolute Gasteiger partial charge is 0.258 e. The SMILES string of the molecule is Cc1ccc(OCC(=O)NCc2cccnc2-c2ccncc2)cc1. The molecule has 5 nitrogen and oxygen atoms in total. The maximum absolute atomic E-state index is 12.0. The van der Waals surface area contributed by atoms with Crippen LogP contribution in [-0.2, 0) is 11.3 Å². The molecule has 0 saturated carbocycles. The number of pyridine rings is 2. The van der Waals surface area contributed by atoms with Crippen LogP contribution < -0.4 is 10.1 Å². The molecular formula is C20H19N3O2. The second-order valence-electron chi connectivity index (χ2n) is 5.63. The minimum atomic E-state index is -0.176. The number of nitrogens with zero attached hydrogens (tertiary/aromatic N) is 2. The number of hydrogen-bond donors (Lipinski definition) is 1. The van der Waals surface area contributed by atoms with Gasteiger partial charge in [-0.15, -0.1) is 0 Å². The standard InChI is InChI=1S/C20H19N3O2/c1-15-4-6-18(7-5-15)25-14-19(24)23-13-17-3-2-10-22-20(17)16-8-11-21-12-9-16/h2-12H,13-14H2,1H3,(H,23,24). The van der Waals surface area contributed by atoms with Gasteiger partial charge in [-0.25, -0.2) is 0 Å². The zero-order valence-electron chi connectivity index (χ0n) is 14.0. The van der Waals surface area contributed by atoms with Crippen molar-refractivity contribution in [3.8, 4) is 17.0 Å². The number of carbonyl (C=O) groups is 1. The van der Waals surface area contributed by atoms with Crippen LogP contribution in [0.5, 0.6) is 5.75 Å². The van der Waals surface area contributed by atoms with Crippen molar-refractivity contribution in [1.29, 1.82) is 0 Å². The van der Waals surface area contributed by atoms with Gasteiger partial charge in [-0.05, 0) is 42.8 Å². The Morgan fingerprint density at radius 1 is 1.04 bits per heavy atom. The molecule has 5 heteroatoms. The fraction of sp³-hybridized carbons (Fsp3) is 0.150. The van der Waals surface area contributed by atoms with Gasteiger partial charge >= 0.3 is 0 Å². The molecule has 0 bridgehead atoms. The van der Waals surface area contributed by atoms with Crippen molar-refractivity contribution in [1.82, 2.24) is 15.3 Å². The van der Waals surface area contributed by atoms with Gasteiger partial charge < -0.3 is 10.1 Å². The number of amides is 1. The van der Waals surface area contributed by atoms with E-state index in [1.165, 1.54) is 0 Å². The summed E-state index contributed by atoms with van der Waals surface area (Å²) < 4.78 is 5.49. The van der Waals surface area contributed by atoms with Gasteiger partial charge in [0.25, 0.3) is 5.91 Å². The Bertz CT molecular complexity index is 833. The van der Waals surface area contributed by atoms with Crippen LogP contribution in [0.15, 0.2) is 67.1 Å². The van der Waals surface area contributed by atoms with Gasteiger partial charge in [-0.1, -0.05) is 23.8 Å². The zero-order valence-corrected chi connectivity index (χ0v) is 14.0. The molecule has 0 spiro atoms. The molecule has 0 aliphatic carbocycles. The monoisotopic (exact) mass is 333 g/mol. The third kappa shape index (κ3) is 4.64. The number of hydrogen-bond acceptors (Lipinski definition) is 4. The molecule has 0 saturated heterocycles. The number of rotatable bonds is 6. The van der Waals surface area contributed by atoms with E-state index < -0.39 is 0 Å². The van der Waals surface area contributed by atoms with Gasteiger partial charge in [-0.2, -0.15) is 0 Å². The molecule has 2 heterocycles. The minimum Gasteiger partial charge on any atom is -0.484 e. The number of aryl methyl sites for hydroxylation is 1. The number of ether oxygens (including phenoxy) is 1. The second kappa shape index (κ2) is 8.06. The number of nitrogens with one attached hydrogen (secondary N) is 1. The first-order valence-electron chi connectivity index (χ1n) is 8.03. The van der Waals surface area contributed by atoms with Crippen molar-refractivity contribution in [3.63, 3.8) is 0 Å². The molecule has 3 aromatic rings. The van der Waals surface area contributed by atoms with E-state index in [4.69, 9.17) is 4.74 Å². The van der Waals surface area contributed by atoms with Crippen LogP contribution in [0, 0.1) is 6.92 Å². The van der Waals surface area contributed by atoms with E-state index in [-0.39, 0.29) is 12.5 Å². The summed E-state index contributed by atoms with van der Waals surface area (Å²) in [6.07, 6.45) is 5.19. The summed E-state index contributed by atoms with van der Waals surface area (Å²) in [5.41, 5.74) is 3.90. The Balaban J connectivity index is 1.58. The molecule has 126 valence electrons. The summed E-state index contributed by atoms with van der Waals surface area (Å²) in [7, 11) is 0. The third-order valence-corrected chi connectivity index (χ3v) is 3.71. The van der Waals surface area contributed by atoms with Crippen LogP contribution in [0.2, 0.25) is 0 Å². The maximum Gasteiger partial charge on any atom is 0.258 e. The van der Waals surface area contributed by atoms with Crippen molar-refractivity contribution in [2.24, 2.45) is 0 Å². The highest BCUT2D eigenvalue weighted by molar-refractivity contribution is 5.77. The lowest BCUT2D eigenvalue weighted by Gasteiger charge is -2.10. The number of aromatic nitrogens is 2. The minimum absolute atomic E-state index is 0.0199. The molecule has 0 aliphatic rings. The highest BCUT2D eigenvalue weighted by Crippen LogP contribution is 2.20. The van der Waals surface area contributed by atoms with Crippen LogP contribution in [0.1, 0.15) is 11.1 Å². The van der Waals surface area contributed by atoms with Crippen LogP contribution in [-0.4, -0.2) is 22.5 Å². The topological polar surface area (TPSA) is 64.1 Å². The molecule has 1 aromatic carbocycles. The van der Waals surface area contributed by atoms with E-state index in [1.807, 2.05) is 55.5 Å². The van der Waals surface area contributed by atoms with E-state index >= 15 is 0 Å². The summed E-state index contributed by atoms with van der Waals surface area (Å²) >= 11 is 0. The van der Waals surface area contributed by atoms with Crippen LogP contribution in [0.4, 0.5) is 0 Å². The van der Waals surface area contributed by atoms with Gasteiger partial charge in [0.2, 0.25) is 0 Å². The first-order chi connectivity index (χ1) is 12.2. The lowest BCUT2D eigenvalue weighted by molar-refractivity contribution is -0.123. The molecule has 0 atom stereocenters. The zero-order chi connectivity index (χ0) is 17.5. The second-order valence-corrected chi connectivity index (χ2v) is 5.63. The van der Waals surface area contributed by atoms with Gasteiger partial charge in [0.1, 0.15) is 5.75 Å². The Morgan fingerprint density at radius 3 is 2.56 bits per heavy atom. The van der Waals surface area contributed by atoms with Crippen molar-refractivity contribution < 1.29 is 9.53 Å². The van der Waals surface area contributed by atoms with E-state index in [0.29, 0.717) is 12.3 Å². The Labute approximate surface area is 146 Å². The molecule has 1 N–H and O–H groups in total. The van der Waals surface area contributed by atoms with E-state index in [1.54, 1.807) is 18.6 Å². The van der Waals surface area contributed by atoms with Crippen molar-refractivity contribution >= 4 is 5.91 Å². The van der Waals surface area contributed by atoms with Crippen molar-refractivity contribution in [2.75, 3.05) is 6.61 Å². The van der Waals surface area contributed by atoms with Gasteiger partial charge in [-0.3, -0.25) is 14.8 Å². The quantitative estimate of drug-likeness (QED) is 0.753. The lowest BCUT2D eigenvalue weighted by atomic mass is 10.1. The summed E-state index contributed by atoms with van der Waals surface area (Å²) in [6.45, 7) is 2.38. The van der Waals surface area contributed by atoms with Gasteiger partial charge in [0.15, 0.2) is 6.61 Å². The highest BCUT2D eigenvalue weighted by atomic mass is 16.5. The predicted molar refractivity (Wildman–Crippen MR) is 96.0 cm³/mol. The van der Waals surface area contributed by atoms with E-state index in [2.05, 4.69) is 15.3 Å². The Morgan fingerprint density at radius 2 is 1.80 bits per heavy atom. The molecule has 3 rings (SSSR count). The van der Waals surface area contributed by atoms with E-state index in [9.17, 15) is 4.79 Å². The van der Waals surface area contributed by atoms with Crippen LogP contribution in [0.25, 0.3) is 11.3 Å². The van der Waals surface area contributed by atoms with Crippen molar-refractivity contribution in [2.45, 2.75) is 13.5 Å². The molecular weight excluding hydrogens is 314 g/mol. The number of benzene rings is 1. The molecule has 1 amide bonds. The molecule has 0 unspecified atom stereocenters. The van der Waals surface area contributed by atoms with Crippen molar-refractivity contribution in [3.05, 3.63) is 78.2 Å². The summed E-state index contributed by atoms with van der Waals surface area (Å²) in [5.74, 6) is 0.504. The molecule has 0 aliphatic heterocycles. The normalized spacial score (nSPS) is 10.3.